The molecule has 4 nitrogen and oxygen atoms in total. The molecular formula is C42H42F10O4. The molecule has 304 valence electrons. The lowest BCUT2D eigenvalue weighted by Crippen LogP contribution is -2.23. The summed E-state index contributed by atoms with van der Waals surface area (Å²) in [7, 11) is 0. The van der Waals surface area contributed by atoms with Gasteiger partial charge in [0.1, 0.15) is 45.8 Å². The van der Waals surface area contributed by atoms with Gasteiger partial charge in [0.25, 0.3) is 0 Å². The molecular weight excluding hydrogens is 758 g/mol. The number of rotatable bonds is 24. The third-order valence-corrected chi connectivity index (χ3v) is 8.83. The lowest BCUT2D eigenvalue weighted by Gasteiger charge is -2.19. The fourth-order valence-electron chi connectivity index (χ4n) is 5.90. The van der Waals surface area contributed by atoms with E-state index < -0.39 is 69.7 Å². The molecule has 4 aromatic rings. The first-order valence-corrected chi connectivity index (χ1v) is 18.2. The molecule has 0 saturated heterocycles. The number of halogens is 10. The molecule has 0 aliphatic carbocycles. The number of hydrogen-bond donors (Lipinski definition) is 0. The van der Waals surface area contributed by atoms with E-state index in [0.29, 0.717) is 43.0 Å². The first kappa shape index (κ1) is 43.8. The third-order valence-electron chi connectivity index (χ3n) is 8.83. The molecule has 4 rings (SSSR count). The van der Waals surface area contributed by atoms with Gasteiger partial charge in [0.2, 0.25) is 0 Å². The molecule has 56 heavy (non-hydrogen) atoms. The van der Waals surface area contributed by atoms with Crippen LogP contribution in [0.15, 0.2) is 85.5 Å². The number of alkyl halides is 4. The summed E-state index contributed by atoms with van der Waals surface area (Å²) in [6, 6.07) is 9.39. The van der Waals surface area contributed by atoms with Crippen LogP contribution < -0.4 is 18.9 Å². The highest BCUT2D eigenvalue weighted by molar-refractivity contribution is 5.33. The van der Waals surface area contributed by atoms with Crippen LogP contribution in [0, 0.1) is 40.8 Å². The van der Waals surface area contributed by atoms with Crippen molar-refractivity contribution in [2.75, 3.05) is 13.2 Å². The molecule has 14 heteroatoms. The first-order valence-electron chi connectivity index (χ1n) is 18.2. The summed E-state index contributed by atoms with van der Waals surface area (Å²) in [6.07, 6.45) is 3.41. The van der Waals surface area contributed by atoms with Crippen molar-refractivity contribution < 1.29 is 62.9 Å². The Labute approximate surface area is 319 Å². The summed E-state index contributed by atoms with van der Waals surface area (Å²) in [5.41, 5.74) is -2.16. The third kappa shape index (κ3) is 13.4. The van der Waals surface area contributed by atoms with Crippen LogP contribution in [0.25, 0.3) is 0 Å². The molecule has 0 unspecified atom stereocenters. The number of unbranched alkanes of at least 4 members (excludes halogenated alkanes) is 6. The van der Waals surface area contributed by atoms with Crippen molar-refractivity contribution in [2.45, 2.75) is 82.8 Å². The van der Waals surface area contributed by atoms with Crippen molar-refractivity contribution in [1.82, 2.24) is 0 Å². The molecule has 0 aliphatic rings. The molecule has 0 radical (unpaired) electrons. The van der Waals surface area contributed by atoms with Crippen molar-refractivity contribution in [1.29, 1.82) is 0 Å². The van der Waals surface area contributed by atoms with Crippen molar-refractivity contribution >= 4 is 0 Å². The topological polar surface area (TPSA) is 36.9 Å². The van der Waals surface area contributed by atoms with E-state index in [0.717, 1.165) is 94.2 Å². The number of ether oxygens (including phenoxy) is 4. The molecule has 0 spiro atoms. The average Bonchev–Trinajstić information content (AvgIpc) is 3.13. The van der Waals surface area contributed by atoms with Crippen molar-refractivity contribution in [3.8, 4) is 23.0 Å². The van der Waals surface area contributed by atoms with Gasteiger partial charge in [-0.15, -0.1) is 6.58 Å². The molecule has 0 aromatic heterocycles. The smallest absolute Gasteiger partial charge is 0.429 e. The highest BCUT2D eigenvalue weighted by Crippen LogP contribution is 2.36. The highest BCUT2D eigenvalue weighted by Gasteiger charge is 2.39. The maximum absolute atomic E-state index is 14.5. The zero-order valence-corrected chi connectivity index (χ0v) is 30.4. The molecule has 0 heterocycles. The number of allylic oxidation sites excluding steroid dienone is 1. The van der Waals surface area contributed by atoms with Gasteiger partial charge in [-0.1, -0.05) is 57.4 Å². The van der Waals surface area contributed by atoms with Crippen LogP contribution in [0.3, 0.4) is 0 Å². The van der Waals surface area contributed by atoms with E-state index in [-0.39, 0.29) is 24.7 Å². The molecule has 0 bridgehead atoms. The molecule has 0 fully saturated rings. The normalized spacial score (nSPS) is 11.8. The van der Waals surface area contributed by atoms with Crippen molar-refractivity contribution in [3.05, 3.63) is 131 Å². The summed E-state index contributed by atoms with van der Waals surface area (Å²) in [6.45, 7) is 4.37. The fourth-order valence-corrected chi connectivity index (χ4v) is 5.90. The Balaban J connectivity index is 1.06. The first-order chi connectivity index (χ1) is 26.7. The van der Waals surface area contributed by atoms with Crippen molar-refractivity contribution in [3.63, 3.8) is 0 Å². The SMILES string of the molecule is C=CCC(CCCCCCOc1ccc(C(F)(F)Oc2ccc(F)c(F)c2)c(F)c1)CCCCCCOc1ccc(C(F)(F)Oc2ccc(F)c(F)c2)c(F)c1. The van der Waals surface area contributed by atoms with Gasteiger partial charge < -0.3 is 18.9 Å². The van der Waals surface area contributed by atoms with E-state index in [1.807, 2.05) is 6.08 Å². The summed E-state index contributed by atoms with van der Waals surface area (Å²) in [5, 5.41) is 0. The lowest BCUT2D eigenvalue weighted by molar-refractivity contribution is -0.188. The molecule has 0 atom stereocenters. The predicted octanol–water partition coefficient (Wildman–Crippen LogP) is 13.3. The van der Waals surface area contributed by atoms with Gasteiger partial charge in [0.15, 0.2) is 23.3 Å². The number of hydrogen-bond acceptors (Lipinski definition) is 4. The molecule has 4 aromatic carbocycles. The molecule has 0 N–H and O–H groups in total. The number of benzene rings is 4. The summed E-state index contributed by atoms with van der Waals surface area (Å²) in [4.78, 5) is 0. The Morgan fingerprint density at radius 2 is 0.839 bits per heavy atom. The van der Waals surface area contributed by atoms with Gasteiger partial charge in [-0.2, -0.15) is 17.6 Å². The summed E-state index contributed by atoms with van der Waals surface area (Å²) in [5.74, 6) is -8.52. The highest BCUT2D eigenvalue weighted by atomic mass is 19.3. The maximum atomic E-state index is 14.5. The largest absolute Gasteiger partial charge is 0.493 e. The predicted molar refractivity (Wildman–Crippen MR) is 190 cm³/mol. The quantitative estimate of drug-likeness (QED) is 0.0402. The van der Waals surface area contributed by atoms with Gasteiger partial charge in [0.05, 0.1) is 13.2 Å². The monoisotopic (exact) mass is 800 g/mol. The van der Waals surface area contributed by atoms with Gasteiger partial charge in [-0.3, -0.25) is 0 Å². The Hall–Kier alpha value is -4.88. The zero-order valence-electron chi connectivity index (χ0n) is 30.4. The maximum Gasteiger partial charge on any atom is 0.429 e. The van der Waals surface area contributed by atoms with Crippen LogP contribution >= 0.6 is 0 Å². The Bertz CT molecular complexity index is 1740. The van der Waals surface area contributed by atoms with Crippen LogP contribution in [0.5, 0.6) is 23.0 Å². The Morgan fingerprint density at radius 3 is 1.21 bits per heavy atom. The van der Waals surface area contributed by atoms with Crippen LogP contribution in [0.1, 0.15) is 81.8 Å². The second kappa shape index (κ2) is 20.9. The minimum Gasteiger partial charge on any atom is -0.493 e. The van der Waals surface area contributed by atoms with E-state index in [1.54, 1.807) is 0 Å². The van der Waals surface area contributed by atoms with Crippen LogP contribution in [0.4, 0.5) is 43.9 Å². The molecule has 0 aliphatic heterocycles. The van der Waals surface area contributed by atoms with Gasteiger partial charge in [-0.25, -0.2) is 26.3 Å². The van der Waals surface area contributed by atoms with Gasteiger partial charge >= 0.3 is 12.2 Å². The van der Waals surface area contributed by atoms with Gasteiger partial charge in [0, 0.05) is 24.3 Å². The van der Waals surface area contributed by atoms with E-state index in [2.05, 4.69) is 16.1 Å². The van der Waals surface area contributed by atoms with E-state index in [9.17, 15) is 43.9 Å². The molecule has 0 saturated carbocycles. The van der Waals surface area contributed by atoms with Crippen molar-refractivity contribution in [2.24, 2.45) is 5.92 Å². The van der Waals surface area contributed by atoms with E-state index in [1.165, 1.54) is 12.1 Å². The van der Waals surface area contributed by atoms with Crippen LogP contribution in [-0.4, -0.2) is 13.2 Å². The minimum absolute atomic E-state index is 0.0645. The van der Waals surface area contributed by atoms with Crippen LogP contribution in [0.2, 0.25) is 0 Å². The summed E-state index contributed by atoms with van der Waals surface area (Å²) < 4.78 is 160. The Morgan fingerprint density at radius 1 is 0.464 bits per heavy atom. The van der Waals surface area contributed by atoms with Gasteiger partial charge in [-0.05, 0) is 73.7 Å². The lowest BCUT2D eigenvalue weighted by atomic mass is 9.92. The summed E-state index contributed by atoms with van der Waals surface area (Å²) >= 11 is 0. The fraction of sp³-hybridized carbons (Fsp3) is 0.381. The zero-order chi connectivity index (χ0) is 40.7. The minimum atomic E-state index is -4.14. The van der Waals surface area contributed by atoms with E-state index in [4.69, 9.17) is 9.47 Å². The standard InChI is InChI=1S/C42H42F10O4/c1-2-11-28(12-7-3-5-9-22-53-29-14-18-33(37(45)24-29)41(49,50)55-31-16-20-35(43)39(47)26-31)13-8-4-6-10-23-54-30-15-19-34(38(46)25-30)42(51,52)56-32-17-21-36(44)40(48)27-32/h2,14-21,24-28H,1,3-13,22-23H2. The average molecular weight is 801 g/mol. The molecule has 0 amide bonds. The second-order valence-corrected chi connectivity index (χ2v) is 13.2. The Kier molecular flexibility index (Phi) is 16.3. The van der Waals surface area contributed by atoms with Crippen LogP contribution in [-0.2, 0) is 12.2 Å². The second-order valence-electron chi connectivity index (χ2n) is 13.2. The van der Waals surface area contributed by atoms with E-state index >= 15 is 0 Å².